The number of fused-ring (bicyclic) bond motifs is 2. The topological polar surface area (TPSA) is 114 Å². The van der Waals surface area contributed by atoms with Crippen LogP contribution in [-0.4, -0.2) is 36.4 Å². The van der Waals surface area contributed by atoms with Crippen LogP contribution in [0.1, 0.15) is 28.7 Å². The van der Waals surface area contributed by atoms with E-state index < -0.39 is 0 Å². The summed E-state index contributed by atoms with van der Waals surface area (Å²) in [7, 11) is 0. The Kier molecular flexibility index (Phi) is 5.06. The minimum atomic E-state index is -0.323. The van der Waals surface area contributed by atoms with Gasteiger partial charge < -0.3 is 5.32 Å². The van der Waals surface area contributed by atoms with Crippen molar-refractivity contribution in [1.82, 2.24) is 24.6 Å². The fourth-order valence-electron chi connectivity index (χ4n) is 3.41. The van der Waals surface area contributed by atoms with Gasteiger partial charge in [-0.2, -0.15) is 4.98 Å². The summed E-state index contributed by atoms with van der Waals surface area (Å²) in [4.78, 5) is 38.1. The molecule has 2 amide bonds. The standard InChI is InChI=1S/C23H19N7O2S/c1-12-13(2)25-19-10-16(6-9-18(19)24-12)21(32)27-22-28-23-30(29-22)20(11-33-23)15-4-7-17(8-5-15)26-14(3)31/h4-11H,1-3H3,(H,26,31)(H,27,29,32). The lowest BCUT2D eigenvalue weighted by atomic mass is 10.1. The molecule has 0 unspecified atom stereocenters. The zero-order chi connectivity index (χ0) is 23.1. The van der Waals surface area contributed by atoms with Crippen LogP contribution >= 0.6 is 11.3 Å². The number of amides is 2. The average Bonchev–Trinajstić information content (AvgIpc) is 3.34. The molecule has 5 aromatic rings. The van der Waals surface area contributed by atoms with Crippen molar-refractivity contribution >= 4 is 50.8 Å². The first-order valence-electron chi connectivity index (χ1n) is 10.2. The van der Waals surface area contributed by atoms with Crippen molar-refractivity contribution in [2.45, 2.75) is 20.8 Å². The molecular formula is C23H19N7O2S. The van der Waals surface area contributed by atoms with Gasteiger partial charge in [0.2, 0.25) is 10.9 Å². The largest absolute Gasteiger partial charge is 0.326 e. The van der Waals surface area contributed by atoms with Gasteiger partial charge in [0.1, 0.15) is 0 Å². The van der Waals surface area contributed by atoms with E-state index in [2.05, 4.69) is 30.7 Å². The molecule has 0 saturated heterocycles. The molecule has 0 aliphatic heterocycles. The number of thiazole rings is 1. The lowest BCUT2D eigenvalue weighted by Gasteiger charge is -2.05. The van der Waals surface area contributed by atoms with Crippen LogP contribution in [0.4, 0.5) is 11.6 Å². The van der Waals surface area contributed by atoms with Gasteiger partial charge in [0.25, 0.3) is 11.9 Å². The molecule has 0 atom stereocenters. The van der Waals surface area contributed by atoms with Gasteiger partial charge in [-0.3, -0.25) is 14.9 Å². The molecular weight excluding hydrogens is 438 g/mol. The van der Waals surface area contributed by atoms with Crippen LogP contribution in [0.15, 0.2) is 47.8 Å². The highest BCUT2D eigenvalue weighted by Gasteiger charge is 2.15. The number of carbonyl (C=O) groups is 2. The molecule has 0 saturated carbocycles. The van der Waals surface area contributed by atoms with Crippen LogP contribution in [0.25, 0.3) is 27.3 Å². The summed E-state index contributed by atoms with van der Waals surface area (Å²) in [5.41, 5.74) is 6.01. The fraction of sp³-hybridized carbons (Fsp3) is 0.130. The number of aryl methyl sites for hydroxylation is 2. The maximum atomic E-state index is 12.8. The van der Waals surface area contributed by atoms with Crippen molar-refractivity contribution in [3.8, 4) is 11.3 Å². The molecule has 0 fully saturated rings. The minimum Gasteiger partial charge on any atom is -0.326 e. The van der Waals surface area contributed by atoms with Crippen LogP contribution in [-0.2, 0) is 4.79 Å². The molecule has 0 radical (unpaired) electrons. The monoisotopic (exact) mass is 457 g/mol. The van der Waals surface area contributed by atoms with Crippen LogP contribution < -0.4 is 10.6 Å². The minimum absolute atomic E-state index is 0.124. The third kappa shape index (κ3) is 4.03. The van der Waals surface area contributed by atoms with Crippen molar-refractivity contribution in [1.29, 1.82) is 0 Å². The van der Waals surface area contributed by atoms with Crippen LogP contribution in [0, 0.1) is 13.8 Å². The second-order valence-corrected chi connectivity index (χ2v) is 8.40. The Morgan fingerprint density at radius 2 is 1.64 bits per heavy atom. The van der Waals surface area contributed by atoms with E-state index in [1.807, 2.05) is 43.5 Å². The van der Waals surface area contributed by atoms with E-state index in [0.29, 0.717) is 16.0 Å². The highest BCUT2D eigenvalue weighted by Crippen LogP contribution is 2.27. The first-order chi connectivity index (χ1) is 15.9. The summed E-state index contributed by atoms with van der Waals surface area (Å²) in [6.45, 7) is 5.26. The number of nitrogens with one attached hydrogen (secondary N) is 2. The first-order valence-corrected chi connectivity index (χ1v) is 11.0. The highest BCUT2D eigenvalue weighted by molar-refractivity contribution is 7.15. The lowest BCUT2D eigenvalue weighted by Crippen LogP contribution is -2.13. The van der Waals surface area contributed by atoms with E-state index in [0.717, 1.165) is 33.8 Å². The van der Waals surface area contributed by atoms with Gasteiger partial charge in [0.15, 0.2) is 0 Å². The fourth-order valence-corrected chi connectivity index (χ4v) is 4.24. The smallest absolute Gasteiger partial charge is 0.258 e. The van der Waals surface area contributed by atoms with Crippen LogP contribution in [0.2, 0.25) is 0 Å². The van der Waals surface area contributed by atoms with Gasteiger partial charge in [0.05, 0.1) is 28.1 Å². The summed E-state index contributed by atoms with van der Waals surface area (Å²) < 4.78 is 1.69. The summed E-state index contributed by atoms with van der Waals surface area (Å²) >= 11 is 1.42. The second-order valence-electron chi connectivity index (χ2n) is 7.56. The average molecular weight is 458 g/mol. The van der Waals surface area contributed by atoms with E-state index in [1.165, 1.54) is 18.3 Å². The van der Waals surface area contributed by atoms with Gasteiger partial charge in [-0.25, -0.2) is 14.5 Å². The van der Waals surface area contributed by atoms with Crippen molar-refractivity contribution in [2.24, 2.45) is 0 Å². The molecule has 3 aromatic heterocycles. The van der Waals surface area contributed by atoms with Crippen molar-refractivity contribution < 1.29 is 9.59 Å². The molecule has 0 aliphatic carbocycles. The Morgan fingerprint density at radius 1 is 0.909 bits per heavy atom. The number of carbonyl (C=O) groups excluding carboxylic acids is 2. The van der Waals surface area contributed by atoms with Gasteiger partial charge in [-0.05, 0) is 44.2 Å². The maximum absolute atomic E-state index is 12.8. The quantitative estimate of drug-likeness (QED) is 0.417. The summed E-state index contributed by atoms with van der Waals surface area (Å²) in [6.07, 6.45) is 0. The lowest BCUT2D eigenvalue weighted by molar-refractivity contribution is -0.114. The number of aromatic nitrogens is 5. The summed E-state index contributed by atoms with van der Waals surface area (Å²) in [6, 6.07) is 12.6. The molecule has 0 aliphatic rings. The number of benzene rings is 2. The van der Waals surface area contributed by atoms with Gasteiger partial charge in [0, 0.05) is 29.1 Å². The van der Waals surface area contributed by atoms with E-state index in [1.54, 1.807) is 22.7 Å². The molecule has 0 bridgehead atoms. The van der Waals surface area contributed by atoms with Crippen molar-refractivity contribution in [3.05, 3.63) is 64.8 Å². The Hall–Kier alpha value is -4.18. The molecule has 0 spiro atoms. The zero-order valence-electron chi connectivity index (χ0n) is 18.1. The highest BCUT2D eigenvalue weighted by atomic mass is 32.1. The third-order valence-electron chi connectivity index (χ3n) is 5.15. The Bertz CT molecular complexity index is 1540. The summed E-state index contributed by atoms with van der Waals surface area (Å²) in [5.74, 6) is -0.230. The second kappa shape index (κ2) is 8.06. The Labute approximate surface area is 192 Å². The van der Waals surface area contributed by atoms with Crippen molar-refractivity contribution in [2.75, 3.05) is 10.6 Å². The number of anilines is 2. The molecule has 3 heterocycles. The third-order valence-corrected chi connectivity index (χ3v) is 5.96. The van der Waals surface area contributed by atoms with E-state index in [9.17, 15) is 9.59 Å². The van der Waals surface area contributed by atoms with Crippen LogP contribution in [0.5, 0.6) is 0 Å². The molecule has 2 N–H and O–H groups in total. The Morgan fingerprint density at radius 3 is 2.36 bits per heavy atom. The predicted molar refractivity (Wildman–Crippen MR) is 128 cm³/mol. The van der Waals surface area contributed by atoms with Gasteiger partial charge in [-0.15, -0.1) is 16.4 Å². The normalized spacial score (nSPS) is 11.1. The van der Waals surface area contributed by atoms with E-state index in [4.69, 9.17) is 0 Å². The maximum Gasteiger partial charge on any atom is 0.258 e. The molecule has 10 heteroatoms. The Balaban J connectivity index is 1.39. The van der Waals surface area contributed by atoms with Crippen molar-refractivity contribution in [3.63, 3.8) is 0 Å². The molecule has 2 aromatic carbocycles. The SMILES string of the molecule is CC(=O)Nc1ccc(-c2csc3nc(NC(=O)c4ccc5nc(C)c(C)nc5c4)nn23)cc1. The number of nitrogens with zero attached hydrogens (tertiary/aromatic N) is 5. The van der Waals surface area contributed by atoms with Gasteiger partial charge >= 0.3 is 0 Å². The van der Waals surface area contributed by atoms with Crippen LogP contribution in [0.3, 0.4) is 0 Å². The number of rotatable bonds is 4. The predicted octanol–water partition coefficient (Wildman–Crippen LogP) is 4.23. The number of hydrogen-bond acceptors (Lipinski definition) is 7. The first kappa shape index (κ1) is 20.7. The molecule has 9 nitrogen and oxygen atoms in total. The van der Waals surface area contributed by atoms with E-state index >= 15 is 0 Å². The molecule has 33 heavy (non-hydrogen) atoms. The molecule has 5 rings (SSSR count). The molecule has 164 valence electrons. The van der Waals surface area contributed by atoms with Gasteiger partial charge in [-0.1, -0.05) is 12.1 Å². The zero-order valence-corrected chi connectivity index (χ0v) is 18.9. The summed E-state index contributed by atoms with van der Waals surface area (Å²) in [5, 5.41) is 11.9. The van der Waals surface area contributed by atoms with E-state index in [-0.39, 0.29) is 17.8 Å². The number of hydrogen-bond donors (Lipinski definition) is 2.